The quantitative estimate of drug-likeness (QED) is 0.645. The number of hydrogen-bond acceptors (Lipinski definition) is 6. The first-order chi connectivity index (χ1) is 12.7. The SMILES string of the molecule is Cn1nc(Br)c2c(N3CCCN(c4ccc(C#N)cc4)CC3)ncnc21. The topological polar surface area (TPSA) is 73.9 Å². The number of halogens is 1. The van der Waals surface area contributed by atoms with Crippen LogP contribution in [0.15, 0.2) is 35.2 Å². The van der Waals surface area contributed by atoms with E-state index >= 15 is 0 Å². The molecule has 0 atom stereocenters. The second-order valence-corrected chi connectivity index (χ2v) is 7.05. The first kappa shape index (κ1) is 16.8. The second kappa shape index (κ2) is 6.92. The van der Waals surface area contributed by atoms with Gasteiger partial charge >= 0.3 is 0 Å². The van der Waals surface area contributed by atoms with Crippen molar-refractivity contribution >= 4 is 38.5 Å². The van der Waals surface area contributed by atoms with E-state index in [1.54, 1.807) is 11.0 Å². The molecule has 0 spiro atoms. The number of benzene rings is 1. The minimum Gasteiger partial charge on any atom is -0.370 e. The number of hydrogen-bond donors (Lipinski definition) is 0. The molecule has 0 unspecified atom stereocenters. The van der Waals surface area contributed by atoms with E-state index in [9.17, 15) is 0 Å². The zero-order valence-electron chi connectivity index (χ0n) is 14.4. The molecule has 26 heavy (non-hydrogen) atoms. The smallest absolute Gasteiger partial charge is 0.164 e. The van der Waals surface area contributed by atoms with Gasteiger partial charge in [0.2, 0.25) is 0 Å². The van der Waals surface area contributed by atoms with Crippen molar-refractivity contribution in [3.63, 3.8) is 0 Å². The van der Waals surface area contributed by atoms with E-state index in [-0.39, 0.29) is 0 Å². The molecule has 0 N–H and O–H groups in total. The lowest BCUT2D eigenvalue weighted by Crippen LogP contribution is -2.31. The standard InChI is InChI=1S/C18H18BrN7/c1-24-17-15(16(19)23-24)18(22-12-21-17)26-8-2-7-25(9-10-26)14-5-3-13(11-20)4-6-14/h3-6,12H,2,7-10H2,1H3. The van der Waals surface area contributed by atoms with Gasteiger partial charge in [-0.3, -0.25) is 0 Å². The Morgan fingerprint density at radius 1 is 1.04 bits per heavy atom. The van der Waals surface area contributed by atoms with Crippen LogP contribution in [0.2, 0.25) is 0 Å². The first-order valence-corrected chi connectivity index (χ1v) is 9.30. The van der Waals surface area contributed by atoms with Crippen LogP contribution in [0.1, 0.15) is 12.0 Å². The van der Waals surface area contributed by atoms with Crippen LogP contribution in [0.5, 0.6) is 0 Å². The molecule has 1 fully saturated rings. The number of anilines is 2. The Kier molecular flexibility index (Phi) is 4.47. The lowest BCUT2D eigenvalue weighted by molar-refractivity contribution is 0.776. The van der Waals surface area contributed by atoms with E-state index in [1.807, 2.05) is 31.3 Å². The zero-order chi connectivity index (χ0) is 18.1. The fourth-order valence-corrected chi connectivity index (χ4v) is 3.99. The van der Waals surface area contributed by atoms with Gasteiger partial charge in [-0.05, 0) is 46.6 Å². The van der Waals surface area contributed by atoms with Crippen molar-refractivity contribution in [1.82, 2.24) is 19.7 Å². The van der Waals surface area contributed by atoms with E-state index in [4.69, 9.17) is 5.26 Å². The Labute approximate surface area is 160 Å². The summed E-state index contributed by atoms with van der Waals surface area (Å²) < 4.78 is 2.55. The van der Waals surface area contributed by atoms with Crippen LogP contribution in [0.4, 0.5) is 11.5 Å². The Morgan fingerprint density at radius 2 is 1.77 bits per heavy atom. The number of aromatic nitrogens is 4. The minimum absolute atomic E-state index is 0.690. The highest BCUT2D eigenvalue weighted by atomic mass is 79.9. The van der Waals surface area contributed by atoms with Crippen molar-refractivity contribution in [2.24, 2.45) is 7.05 Å². The van der Waals surface area contributed by atoms with Gasteiger partial charge in [0.25, 0.3) is 0 Å². The summed E-state index contributed by atoms with van der Waals surface area (Å²) in [6, 6.07) is 9.96. The molecule has 0 aliphatic carbocycles. The molecule has 3 aromatic rings. The molecule has 1 aliphatic heterocycles. The maximum absolute atomic E-state index is 8.96. The Balaban J connectivity index is 1.58. The third kappa shape index (κ3) is 2.99. The maximum Gasteiger partial charge on any atom is 0.164 e. The summed E-state index contributed by atoms with van der Waals surface area (Å²) in [6.07, 6.45) is 2.64. The number of rotatable bonds is 2. The molecule has 4 rings (SSSR count). The van der Waals surface area contributed by atoms with Gasteiger partial charge < -0.3 is 9.80 Å². The monoisotopic (exact) mass is 411 g/mol. The predicted molar refractivity (Wildman–Crippen MR) is 104 cm³/mol. The van der Waals surface area contributed by atoms with Crippen molar-refractivity contribution in [3.05, 3.63) is 40.8 Å². The summed E-state index contributed by atoms with van der Waals surface area (Å²) in [4.78, 5) is 13.6. The van der Waals surface area contributed by atoms with Crippen molar-refractivity contribution in [2.75, 3.05) is 36.0 Å². The molecule has 8 heteroatoms. The molecule has 7 nitrogen and oxygen atoms in total. The summed E-state index contributed by atoms with van der Waals surface area (Å²) in [5, 5.41) is 14.3. The molecule has 0 amide bonds. The number of fused-ring (bicyclic) bond motifs is 1. The van der Waals surface area contributed by atoms with E-state index < -0.39 is 0 Å². The summed E-state index contributed by atoms with van der Waals surface area (Å²) in [5.74, 6) is 0.927. The second-order valence-electron chi connectivity index (χ2n) is 6.30. The van der Waals surface area contributed by atoms with Gasteiger partial charge in [0, 0.05) is 38.9 Å². The highest BCUT2D eigenvalue weighted by Gasteiger charge is 2.21. The first-order valence-electron chi connectivity index (χ1n) is 8.50. The molecule has 0 saturated carbocycles. The largest absolute Gasteiger partial charge is 0.370 e. The van der Waals surface area contributed by atoms with Crippen LogP contribution < -0.4 is 9.80 Å². The van der Waals surface area contributed by atoms with Crippen molar-refractivity contribution < 1.29 is 0 Å². The lowest BCUT2D eigenvalue weighted by atomic mass is 10.2. The third-order valence-corrected chi connectivity index (χ3v) is 5.27. The van der Waals surface area contributed by atoms with Gasteiger partial charge in [0.15, 0.2) is 5.65 Å². The average molecular weight is 412 g/mol. The average Bonchev–Trinajstić information content (AvgIpc) is 2.85. The summed E-state index contributed by atoms with van der Waals surface area (Å²) >= 11 is 3.54. The normalized spacial score (nSPS) is 15.1. The van der Waals surface area contributed by atoms with E-state index in [1.165, 1.54) is 0 Å². The molecule has 2 aromatic heterocycles. The number of nitrogens with zero attached hydrogens (tertiary/aromatic N) is 7. The molecule has 3 heterocycles. The molecule has 1 aromatic carbocycles. The lowest BCUT2D eigenvalue weighted by Gasteiger charge is -2.24. The van der Waals surface area contributed by atoms with Gasteiger partial charge in [0.05, 0.1) is 17.0 Å². The highest BCUT2D eigenvalue weighted by molar-refractivity contribution is 9.10. The van der Waals surface area contributed by atoms with Gasteiger partial charge in [-0.15, -0.1) is 0 Å². The van der Waals surface area contributed by atoms with E-state index in [0.29, 0.717) is 5.56 Å². The summed E-state index contributed by atoms with van der Waals surface area (Å²) in [5.41, 5.74) is 2.67. The number of nitriles is 1. The van der Waals surface area contributed by atoms with Crippen molar-refractivity contribution in [1.29, 1.82) is 5.26 Å². The van der Waals surface area contributed by atoms with Gasteiger partial charge in [0.1, 0.15) is 16.7 Å². The van der Waals surface area contributed by atoms with E-state index in [0.717, 1.165) is 59.7 Å². The fourth-order valence-electron chi connectivity index (χ4n) is 3.40. The van der Waals surface area contributed by atoms with Gasteiger partial charge in [-0.25, -0.2) is 14.6 Å². The Bertz CT molecular complexity index is 974. The summed E-state index contributed by atoms with van der Waals surface area (Å²) in [7, 11) is 1.89. The van der Waals surface area contributed by atoms with Gasteiger partial charge in [-0.1, -0.05) is 0 Å². The van der Waals surface area contributed by atoms with Crippen LogP contribution in [0.3, 0.4) is 0 Å². The van der Waals surface area contributed by atoms with Crippen molar-refractivity contribution in [2.45, 2.75) is 6.42 Å². The van der Waals surface area contributed by atoms with Crippen LogP contribution in [0.25, 0.3) is 11.0 Å². The van der Waals surface area contributed by atoms with Crippen LogP contribution in [0, 0.1) is 11.3 Å². The maximum atomic E-state index is 8.96. The summed E-state index contributed by atoms with van der Waals surface area (Å²) in [6.45, 7) is 3.67. The third-order valence-electron chi connectivity index (χ3n) is 4.71. The van der Waals surface area contributed by atoms with Crippen LogP contribution in [-0.4, -0.2) is 45.9 Å². The highest BCUT2D eigenvalue weighted by Crippen LogP contribution is 2.30. The molecular weight excluding hydrogens is 394 g/mol. The zero-order valence-corrected chi connectivity index (χ0v) is 16.0. The molecule has 0 bridgehead atoms. The Morgan fingerprint density at radius 3 is 2.54 bits per heavy atom. The van der Waals surface area contributed by atoms with E-state index in [2.05, 4.69) is 46.9 Å². The molecular formula is C18H18BrN7. The minimum atomic E-state index is 0.690. The molecule has 132 valence electrons. The fraction of sp³-hybridized carbons (Fsp3) is 0.333. The Hall–Kier alpha value is -2.66. The molecule has 1 aliphatic rings. The van der Waals surface area contributed by atoms with Gasteiger partial charge in [-0.2, -0.15) is 10.4 Å². The molecule has 0 radical (unpaired) electrons. The van der Waals surface area contributed by atoms with Crippen LogP contribution in [-0.2, 0) is 7.05 Å². The predicted octanol–water partition coefficient (Wildman–Crippen LogP) is 2.71. The van der Waals surface area contributed by atoms with Crippen LogP contribution >= 0.6 is 15.9 Å². The number of aryl methyl sites for hydroxylation is 1. The molecule has 1 saturated heterocycles. The van der Waals surface area contributed by atoms with Crippen molar-refractivity contribution in [3.8, 4) is 6.07 Å².